The third-order valence-corrected chi connectivity index (χ3v) is 2.50. The van der Waals surface area contributed by atoms with E-state index in [4.69, 9.17) is 5.73 Å². The maximum atomic E-state index is 5.70. The first-order valence-corrected chi connectivity index (χ1v) is 4.52. The smallest absolute Gasteiger partial charge is 0.151 e. The molecular formula is C7H7IN4. The Bertz CT molecular complexity index is 434. The maximum Gasteiger partial charge on any atom is 0.151 e. The van der Waals surface area contributed by atoms with Gasteiger partial charge in [-0.15, -0.1) is 0 Å². The van der Waals surface area contributed by atoms with Crippen LogP contribution in [0.15, 0.2) is 12.4 Å². The predicted octanol–water partition coefficient (Wildman–Crippen LogP) is 1.22. The lowest BCUT2D eigenvalue weighted by Crippen LogP contribution is -2.00. The first-order chi connectivity index (χ1) is 5.70. The minimum atomic E-state index is 0.533. The number of nitrogens with two attached hydrogens (primary N) is 1. The largest absolute Gasteiger partial charge is 0.382 e. The van der Waals surface area contributed by atoms with Crippen molar-refractivity contribution in [2.45, 2.75) is 6.92 Å². The molecule has 12 heavy (non-hydrogen) atoms. The second-order valence-corrected chi connectivity index (χ2v) is 3.66. The van der Waals surface area contributed by atoms with Crippen molar-refractivity contribution in [1.82, 2.24) is 14.6 Å². The average molecular weight is 274 g/mol. The van der Waals surface area contributed by atoms with E-state index < -0.39 is 0 Å². The van der Waals surface area contributed by atoms with Crippen molar-refractivity contribution in [2.75, 3.05) is 5.73 Å². The van der Waals surface area contributed by atoms with Crippen molar-refractivity contribution in [2.24, 2.45) is 0 Å². The van der Waals surface area contributed by atoms with Gasteiger partial charge in [0.25, 0.3) is 0 Å². The predicted molar refractivity (Wildman–Crippen MR) is 54.9 cm³/mol. The molecule has 2 aromatic heterocycles. The van der Waals surface area contributed by atoms with Crippen LogP contribution in [0.5, 0.6) is 0 Å². The number of aryl methyl sites for hydroxylation is 1. The summed E-state index contributed by atoms with van der Waals surface area (Å²) in [5.74, 6) is 0.533. The molecule has 0 saturated heterocycles. The van der Waals surface area contributed by atoms with E-state index in [1.165, 1.54) is 6.33 Å². The van der Waals surface area contributed by atoms with Crippen molar-refractivity contribution in [3.63, 3.8) is 0 Å². The fourth-order valence-corrected chi connectivity index (χ4v) is 2.04. The van der Waals surface area contributed by atoms with Gasteiger partial charge in [-0.1, -0.05) is 0 Å². The molecule has 0 aromatic carbocycles. The Kier molecular flexibility index (Phi) is 1.67. The summed E-state index contributed by atoms with van der Waals surface area (Å²) in [6.07, 6.45) is 1.46. The minimum Gasteiger partial charge on any atom is -0.382 e. The number of hydrogen-bond acceptors (Lipinski definition) is 3. The number of aromatic nitrogens is 3. The van der Waals surface area contributed by atoms with E-state index in [1.807, 2.05) is 13.0 Å². The second-order valence-electron chi connectivity index (χ2n) is 2.56. The molecule has 0 unspecified atom stereocenters. The fraction of sp³-hybridized carbons (Fsp3) is 0.143. The summed E-state index contributed by atoms with van der Waals surface area (Å²) in [6.45, 7) is 2.00. The molecule has 0 spiro atoms. The Labute approximate surface area is 82.9 Å². The lowest BCUT2D eigenvalue weighted by molar-refractivity contribution is 0.886. The summed E-state index contributed by atoms with van der Waals surface area (Å²) < 4.78 is 2.84. The standard InChI is InChI=1S/C7H7IN4/c1-4-2-5(8)12-6(4)7(9)10-3-11-12/h2-3H,1H3,(H2,9,10,11). The van der Waals surface area contributed by atoms with Gasteiger partial charge in [0, 0.05) is 0 Å². The topological polar surface area (TPSA) is 56.2 Å². The van der Waals surface area contributed by atoms with Gasteiger partial charge in [-0.2, -0.15) is 5.10 Å². The molecule has 0 aliphatic carbocycles. The SMILES string of the molecule is Cc1cc(I)n2ncnc(N)c12. The quantitative estimate of drug-likeness (QED) is 0.735. The zero-order valence-corrected chi connectivity index (χ0v) is 8.61. The number of halogens is 1. The van der Waals surface area contributed by atoms with Crippen LogP contribution in [0.25, 0.3) is 5.52 Å². The van der Waals surface area contributed by atoms with Crippen LogP contribution in [0.3, 0.4) is 0 Å². The van der Waals surface area contributed by atoms with Crippen LogP contribution in [0.4, 0.5) is 5.82 Å². The molecule has 0 aliphatic rings. The molecule has 5 heteroatoms. The molecule has 0 aliphatic heterocycles. The first kappa shape index (κ1) is 7.78. The molecule has 2 N–H and O–H groups in total. The highest BCUT2D eigenvalue weighted by Crippen LogP contribution is 2.19. The highest BCUT2D eigenvalue weighted by atomic mass is 127. The number of hydrogen-bond donors (Lipinski definition) is 1. The summed E-state index contributed by atoms with van der Waals surface area (Å²) >= 11 is 2.21. The fourth-order valence-electron chi connectivity index (χ4n) is 1.21. The zero-order chi connectivity index (χ0) is 8.72. The van der Waals surface area contributed by atoms with Gasteiger partial charge in [0.1, 0.15) is 15.5 Å². The van der Waals surface area contributed by atoms with E-state index in [0.29, 0.717) is 5.82 Å². The zero-order valence-electron chi connectivity index (χ0n) is 6.45. The summed E-state index contributed by atoms with van der Waals surface area (Å²) in [6, 6.07) is 2.03. The second kappa shape index (κ2) is 2.58. The normalized spacial score (nSPS) is 10.8. The van der Waals surface area contributed by atoms with Crippen molar-refractivity contribution in [3.8, 4) is 0 Å². The Morgan fingerprint density at radius 1 is 1.58 bits per heavy atom. The molecule has 62 valence electrons. The van der Waals surface area contributed by atoms with Gasteiger partial charge in [-0.25, -0.2) is 9.50 Å². The Morgan fingerprint density at radius 3 is 3.00 bits per heavy atom. The van der Waals surface area contributed by atoms with Crippen molar-refractivity contribution < 1.29 is 0 Å². The molecule has 0 amide bonds. The van der Waals surface area contributed by atoms with E-state index in [-0.39, 0.29) is 0 Å². The van der Waals surface area contributed by atoms with Crippen LogP contribution < -0.4 is 5.73 Å². The van der Waals surface area contributed by atoms with Crippen LogP contribution in [-0.4, -0.2) is 14.6 Å². The summed E-state index contributed by atoms with van der Waals surface area (Å²) in [4.78, 5) is 3.92. The Balaban J connectivity index is 2.99. The van der Waals surface area contributed by atoms with Crippen molar-refractivity contribution in [1.29, 1.82) is 0 Å². The summed E-state index contributed by atoms with van der Waals surface area (Å²) in [5, 5.41) is 4.08. The highest BCUT2D eigenvalue weighted by molar-refractivity contribution is 14.1. The molecule has 0 atom stereocenters. The van der Waals surface area contributed by atoms with Gasteiger partial charge >= 0.3 is 0 Å². The lowest BCUT2D eigenvalue weighted by atomic mass is 10.3. The Hall–Kier alpha value is -0.850. The molecule has 2 heterocycles. The number of nitrogens with zero attached hydrogens (tertiary/aromatic N) is 3. The average Bonchev–Trinajstić information content (AvgIpc) is 2.29. The molecule has 2 rings (SSSR count). The van der Waals surface area contributed by atoms with Gasteiger partial charge in [0.15, 0.2) is 5.82 Å². The number of anilines is 1. The number of rotatable bonds is 0. The van der Waals surface area contributed by atoms with Gasteiger partial charge < -0.3 is 5.73 Å². The van der Waals surface area contributed by atoms with E-state index in [2.05, 4.69) is 32.7 Å². The van der Waals surface area contributed by atoms with Crippen LogP contribution in [0.1, 0.15) is 5.56 Å². The highest BCUT2D eigenvalue weighted by Gasteiger charge is 2.07. The maximum absolute atomic E-state index is 5.70. The monoisotopic (exact) mass is 274 g/mol. The minimum absolute atomic E-state index is 0.533. The molecule has 2 aromatic rings. The first-order valence-electron chi connectivity index (χ1n) is 3.44. The summed E-state index contributed by atoms with van der Waals surface area (Å²) in [5.41, 5.74) is 7.71. The summed E-state index contributed by atoms with van der Waals surface area (Å²) in [7, 11) is 0. The third-order valence-electron chi connectivity index (χ3n) is 1.73. The molecule has 4 nitrogen and oxygen atoms in total. The third kappa shape index (κ3) is 0.961. The van der Waals surface area contributed by atoms with Gasteiger partial charge in [-0.3, -0.25) is 0 Å². The molecule has 0 radical (unpaired) electrons. The molecular weight excluding hydrogens is 267 g/mol. The van der Waals surface area contributed by atoms with E-state index in [1.54, 1.807) is 4.52 Å². The molecule has 0 fully saturated rings. The van der Waals surface area contributed by atoms with Gasteiger partial charge in [0.05, 0.1) is 0 Å². The molecule has 0 saturated carbocycles. The van der Waals surface area contributed by atoms with E-state index in [9.17, 15) is 0 Å². The van der Waals surface area contributed by atoms with Crippen LogP contribution in [-0.2, 0) is 0 Å². The molecule has 0 bridgehead atoms. The van der Waals surface area contributed by atoms with Crippen LogP contribution in [0, 0.1) is 10.6 Å². The van der Waals surface area contributed by atoms with Gasteiger partial charge in [-0.05, 0) is 41.1 Å². The lowest BCUT2D eigenvalue weighted by Gasteiger charge is -1.97. The van der Waals surface area contributed by atoms with Crippen molar-refractivity contribution >= 4 is 33.9 Å². The number of fused-ring (bicyclic) bond motifs is 1. The van der Waals surface area contributed by atoms with Crippen LogP contribution >= 0.6 is 22.6 Å². The van der Waals surface area contributed by atoms with Crippen LogP contribution in [0.2, 0.25) is 0 Å². The Morgan fingerprint density at radius 2 is 2.33 bits per heavy atom. The van der Waals surface area contributed by atoms with E-state index in [0.717, 1.165) is 14.8 Å². The number of nitrogen functional groups attached to an aromatic ring is 1. The van der Waals surface area contributed by atoms with Crippen molar-refractivity contribution in [3.05, 3.63) is 21.7 Å². The van der Waals surface area contributed by atoms with Gasteiger partial charge in [0.2, 0.25) is 0 Å². The van der Waals surface area contributed by atoms with E-state index >= 15 is 0 Å².